The van der Waals surface area contributed by atoms with Crippen molar-refractivity contribution in [3.8, 4) is 0 Å². The van der Waals surface area contributed by atoms with E-state index in [0.29, 0.717) is 5.56 Å². The average Bonchev–Trinajstić information content (AvgIpc) is 2.66. The minimum atomic E-state index is -1.19. The van der Waals surface area contributed by atoms with E-state index in [1.54, 1.807) is 0 Å². The second-order valence-electron chi connectivity index (χ2n) is 4.13. The maximum Gasteiger partial charge on any atom is 0.250 e. The lowest BCUT2D eigenvalue weighted by Gasteiger charge is -2.14. The SMILES string of the molecule is NC(=O)c1cncc([C@@H]2O[C@H](CO)[C@H](O)[C@@H]2O)c1. The Balaban J connectivity index is 2.27. The molecule has 1 fully saturated rings. The molecule has 0 aliphatic carbocycles. The normalized spacial score (nSPS) is 31.5. The lowest BCUT2D eigenvalue weighted by molar-refractivity contribution is -0.0228. The molecule has 18 heavy (non-hydrogen) atoms. The average molecular weight is 254 g/mol. The van der Waals surface area contributed by atoms with Crippen LogP contribution in [-0.4, -0.2) is 51.1 Å². The van der Waals surface area contributed by atoms with E-state index >= 15 is 0 Å². The maximum atomic E-state index is 11.0. The third-order valence-electron chi connectivity index (χ3n) is 2.91. The van der Waals surface area contributed by atoms with Crippen LogP contribution in [0.25, 0.3) is 0 Å². The summed E-state index contributed by atoms with van der Waals surface area (Å²) in [6.07, 6.45) is -1.37. The Morgan fingerprint density at radius 2 is 2.11 bits per heavy atom. The second kappa shape index (κ2) is 4.99. The number of pyridine rings is 1. The summed E-state index contributed by atoms with van der Waals surface area (Å²) in [5.41, 5.74) is 5.74. The third-order valence-corrected chi connectivity index (χ3v) is 2.91. The van der Waals surface area contributed by atoms with Gasteiger partial charge in [-0.3, -0.25) is 9.78 Å². The first-order valence-electron chi connectivity index (χ1n) is 5.41. The molecule has 2 heterocycles. The molecule has 0 radical (unpaired) electrons. The molecule has 4 atom stereocenters. The Labute approximate surface area is 103 Å². The molecule has 0 unspecified atom stereocenters. The van der Waals surface area contributed by atoms with Gasteiger partial charge in [-0.05, 0) is 6.07 Å². The van der Waals surface area contributed by atoms with Crippen molar-refractivity contribution in [3.63, 3.8) is 0 Å². The van der Waals surface area contributed by atoms with Crippen molar-refractivity contribution in [2.24, 2.45) is 5.73 Å². The van der Waals surface area contributed by atoms with Crippen LogP contribution >= 0.6 is 0 Å². The number of aliphatic hydroxyl groups is 3. The lowest BCUT2D eigenvalue weighted by Crippen LogP contribution is -2.32. The van der Waals surface area contributed by atoms with Crippen molar-refractivity contribution in [2.75, 3.05) is 6.61 Å². The number of nitrogens with two attached hydrogens (primary N) is 1. The molecule has 1 aliphatic heterocycles. The van der Waals surface area contributed by atoms with Crippen molar-refractivity contribution in [1.29, 1.82) is 0 Å². The zero-order chi connectivity index (χ0) is 13.3. The predicted molar refractivity (Wildman–Crippen MR) is 59.5 cm³/mol. The minimum Gasteiger partial charge on any atom is -0.394 e. The molecular formula is C11H14N2O5. The fraction of sp³-hybridized carbons (Fsp3) is 0.455. The number of aliphatic hydroxyl groups excluding tert-OH is 3. The van der Waals surface area contributed by atoms with Crippen molar-refractivity contribution >= 4 is 5.91 Å². The Kier molecular flexibility index (Phi) is 3.58. The monoisotopic (exact) mass is 254 g/mol. The number of rotatable bonds is 3. The standard InChI is InChI=1S/C11H14N2O5/c12-11(17)6-1-5(2-13-3-6)10-9(16)8(15)7(4-14)18-10/h1-3,7-10,14-16H,4H2,(H2,12,17)/t7-,8+,9+,10+/m1/s1. The van der Waals surface area contributed by atoms with Gasteiger partial charge in [0.2, 0.25) is 5.91 Å². The van der Waals surface area contributed by atoms with Gasteiger partial charge < -0.3 is 25.8 Å². The number of amides is 1. The smallest absolute Gasteiger partial charge is 0.250 e. The summed E-state index contributed by atoms with van der Waals surface area (Å²) in [6, 6.07) is 1.44. The minimum absolute atomic E-state index is 0.185. The second-order valence-corrected chi connectivity index (χ2v) is 4.13. The van der Waals surface area contributed by atoms with Crippen LogP contribution < -0.4 is 5.73 Å². The number of carbonyl (C=O) groups excluding carboxylic acids is 1. The number of ether oxygens (including phenoxy) is 1. The summed E-state index contributed by atoms with van der Waals surface area (Å²) in [5.74, 6) is -0.643. The van der Waals surface area contributed by atoms with E-state index in [1.165, 1.54) is 18.5 Å². The van der Waals surface area contributed by atoms with Gasteiger partial charge in [-0.15, -0.1) is 0 Å². The summed E-state index contributed by atoms with van der Waals surface area (Å²) in [4.78, 5) is 14.8. The number of hydrogen-bond acceptors (Lipinski definition) is 6. The predicted octanol–water partition coefficient (Wildman–Crippen LogP) is -1.67. The van der Waals surface area contributed by atoms with Crippen LogP contribution in [0.3, 0.4) is 0 Å². The van der Waals surface area contributed by atoms with Crippen LogP contribution in [0.4, 0.5) is 0 Å². The van der Waals surface area contributed by atoms with E-state index in [1.807, 2.05) is 0 Å². The van der Waals surface area contributed by atoms with E-state index in [4.69, 9.17) is 15.6 Å². The van der Waals surface area contributed by atoms with E-state index in [2.05, 4.69) is 4.98 Å². The van der Waals surface area contributed by atoms with Crippen molar-refractivity contribution in [1.82, 2.24) is 4.98 Å². The highest BCUT2D eigenvalue weighted by Crippen LogP contribution is 2.33. The molecule has 1 aromatic rings. The maximum absolute atomic E-state index is 11.0. The number of carbonyl (C=O) groups is 1. The van der Waals surface area contributed by atoms with Gasteiger partial charge >= 0.3 is 0 Å². The van der Waals surface area contributed by atoms with E-state index < -0.39 is 36.9 Å². The molecule has 1 aliphatic rings. The Morgan fingerprint density at radius 3 is 2.67 bits per heavy atom. The molecular weight excluding hydrogens is 240 g/mol. The van der Waals surface area contributed by atoms with Gasteiger partial charge in [-0.1, -0.05) is 0 Å². The molecule has 7 nitrogen and oxygen atoms in total. The van der Waals surface area contributed by atoms with Crippen LogP contribution in [0.1, 0.15) is 22.0 Å². The summed E-state index contributed by atoms with van der Waals surface area (Å²) in [6.45, 7) is -0.405. The van der Waals surface area contributed by atoms with Gasteiger partial charge in [0.1, 0.15) is 24.4 Å². The van der Waals surface area contributed by atoms with E-state index in [9.17, 15) is 15.0 Å². The number of primary amides is 1. The van der Waals surface area contributed by atoms with Crippen molar-refractivity contribution < 1.29 is 24.9 Å². The fourth-order valence-corrected chi connectivity index (χ4v) is 1.92. The zero-order valence-electron chi connectivity index (χ0n) is 9.43. The van der Waals surface area contributed by atoms with Crippen molar-refractivity contribution in [3.05, 3.63) is 29.6 Å². The first kappa shape index (κ1) is 12.9. The summed E-state index contributed by atoms with van der Waals surface area (Å²) >= 11 is 0. The molecule has 0 aromatic carbocycles. The first-order chi connectivity index (χ1) is 8.54. The quantitative estimate of drug-likeness (QED) is 0.511. The van der Waals surface area contributed by atoms with Crippen LogP contribution in [0.2, 0.25) is 0 Å². The third kappa shape index (κ3) is 2.21. The van der Waals surface area contributed by atoms with E-state index in [-0.39, 0.29) is 5.56 Å². The number of aromatic nitrogens is 1. The van der Waals surface area contributed by atoms with Crippen molar-refractivity contribution in [2.45, 2.75) is 24.4 Å². The van der Waals surface area contributed by atoms with Crippen LogP contribution in [0.15, 0.2) is 18.5 Å². The largest absolute Gasteiger partial charge is 0.394 e. The molecule has 7 heteroatoms. The first-order valence-corrected chi connectivity index (χ1v) is 5.41. The van der Waals surface area contributed by atoms with Gasteiger partial charge in [0.05, 0.1) is 12.2 Å². The summed E-state index contributed by atoms with van der Waals surface area (Å²) in [5, 5.41) is 28.4. The summed E-state index contributed by atoms with van der Waals surface area (Å²) in [7, 11) is 0. The highest BCUT2D eigenvalue weighted by atomic mass is 16.6. The van der Waals surface area contributed by atoms with Gasteiger partial charge in [0, 0.05) is 18.0 Å². The molecule has 1 amide bonds. The molecule has 2 rings (SSSR count). The van der Waals surface area contributed by atoms with E-state index in [0.717, 1.165) is 0 Å². The molecule has 1 saturated heterocycles. The Morgan fingerprint density at radius 1 is 1.39 bits per heavy atom. The highest BCUT2D eigenvalue weighted by Gasteiger charge is 2.43. The molecule has 98 valence electrons. The molecule has 0 bridgehead atoms. The van der Waals surface area contributed by atoms with Gasteiger partial charge in [-0.25, -0.2) is 0 Å². The lowest BCUT2D eigenvalue weighted by atomic mass is 10.0. The Hall–Kier alpha value is -1.54. The zero-order valence-corrected chi connectivity index (χ0v) is 9.43. The number of hydrogen-bond donors (Lipinski definition) is 4. The molecule has 0 saturated carbocycles. The van der Waals surface area contributed by atoms with Gasteiger partial charge in [-0.2, -0.15) is 0 Å². The number of nitrogens with zero attached hydrogens (tertiary/aromatic N) is 1. The summed E-state index contributed by atoms with van der Waals surface area (Å²) < 4.78 is 5.31. The highest BCUT2D eigenvalue weighted by molar-refractivity contribution is 5.92. The fourth-order valence-electron chi connectivity index (χ4n) is 1.92. The molecule has 0 spiro atoms. The van der Waals surface area contributed by atoms with Crippen LogP contribution in [0, 0.1) is 0 Å². The molecule has 1 aromatic heterocycles. The van der Waals surface area contributed by atoms with Gasteiger partial charge in [0.25, 0.3) is 0 Å². The molecule has 5 N–H and O–H groups in total. The van der Waals surface area contributed by atoms with Gasteiger partial charge in [0.15, 0.2) is 0 Å². The Bertz CT molecular complexity index is 453. The topological polar surface area (TPSA) is 126 Å². The van der Waals surface area contributed by atoms with Crippen LogP contribution in [-0.2, 0) is 4.74 Å². The van der Waals surface area contributed by atoms with Crippen LogP contribution in [0.5, 0.6) is 0 Å².